The summed E-state index contributed by atoms with van der Waals surface area (Å²) < 4.78 is 31.1. The molecular formula is C39H37Cl2FN6O3. The van der Waals surface area contributed by atoms with Crippen LogP contribution < -0.4 is 5.32 Å². The molecule has 10 rings (SSSR count). The number of pyridine rings is 1. The molecular weight excluding hydrogens is 690 g/mol. The summed E-state index contributed by atoms with van der Waals surface area (Å²) in [7, 11) is 0. The fourth-order valence-corrected chi connectivity index (χ4v) is 9.15. The summed E-state index contributed by atoms with van der Waals surface area (Å²) in [6, 6.07) is 11.8. The van der Waals surface area contributed by atoms with Crippen LogP contribution in [0.1, 0.15) is 72.4 Å². The smallest absolute Gasteiger partial charge is 0.226 e. The Morgan fingerprint density at radius 3 is 2.75 bits per heavy atom. The average molecular weight is 728 g/mol. The van der Waals surface area contributed by atoms with Gasteiger partial charge in [0, 0.05) is 76.7 Å². The Labute approximate surface area is 304 Å². The van der Waals surface area contributed by atoms with Crippen LogP contribution in [0, 0.1) is 42.8 Å². The Bertz CT molecular complexity index is 2260. The van der Waals surface area contributed by atoms with Crippen molar-refractivity contribution in [3.63, 3.8) is 0 Å². The number of nitrogens with zero attached hydrogens (tertiary/aromatic N) is 5. The third kappa shape index (κ3) is 5.35. The number of carbonyl (C=O) groups is 1. The van der Waals surface area contributed by atoms with E-state index in [2.05, 4.69) is 27.2 Å². The first-order valence-corrected chi connectivity index (χ1v) is 18.5. The van der Waals surface area contributed by atoms with Crippen molar-refractivity contribution in [2.75, 3.05) is 13.1 Å². The topological polar surface area (TPSA) is 109 Å². The minimum absolute atomic E-state index is 0.0427. The summed E-state index contributed by atoms with van der Waals surface area (Å²) in [6.45, 7) is 5.57. The fraction of sp³-hybridized carbons (Fsp3) is 0.436. The van der Waals surface area contributed by atoms with Gasteiger partial charge in [-0.05, 0) is 69.2 Å². The molecule has 2 aromatic carbocycles. The first-order valence-electron chi connectivity index (χ1n) is 17.8. The molecule has 3 aromatic heterocycles. The number of aromatic nitrogens is 3. The van der Waals surface area contributed by atoms with Crippen LogP contribution >= 0.6 is 23.2 Å². The van der Waals surface area contributed by atoms with Crippen LogP contribution in [0.3, 0.4) is 0 Å². The predicted molar refractivity (Wildman–Crippen MR) is 192 cm³/mol. The van der Waals surface area contributed by atoms with Crippen LogP contribution in [-0.4, -0.2) is 50.8 Å². The SMILES string of the molecule is Cc1conc1COC1CC(c2cc3c(C)nc4c(F)c(-c5cccc(Cl)c5Cl)c(CCC#N)cc4c3n2C2C3CNC2C3)N(C(=O)C2CC2)C1. The maximum absolute atomic E-state index is 17.2. The first kappa shape index (κ1) is 32.9. The molecule has 5 unspecified atom stereocenters. The van der Waals surface area contributed by atoms with E-state index in [1.54, 1.807) is 24.5 Å². The average Bonchev–Trinajstić information content (AvgIpc) is 3.55. The Morgan fingerprint density at radius 1 is 1.20 bits per heavy atom. The molecule has 12 heteroatoms. The van der Waals surface area contributed by atoms with E-state index in [1.165, 1.54) is 0 Å². The van der Waals surface area contributed by atoms with Crippen LogP contribution in [0.2, 0.25) is 10.0 Å². The number of ether oxygens (including phenoxy) is 1. The molecule has 6 heterocycles. The summed E-state index contributed by atoms with van der Waals surface area (Å²) in [5.41, 5.74) is 6.05. The quantitative estimate of drug-likeness (QED) is 0.163. The molecule has 2 bridgehead atoms. The fourth-order valence-electron chi connectivity index (χ4n) is 8.75. The van der Waals surface area contributed by atoms with Crippen molar-refractivity contribution in [2.24, 2.45) is 11.8 Å². The zero-order chi connectivity index (χ0) is 35.1. The number of hydrogen-bond donors (Lipinski definition) is 1. The number of rotatable bonds is 9. The molecule has 9 nitrogen and oxygen atoms in total. The number of hydrogen-bond acceptors (Lipinski definition) is 7. The van der Waals surface area contributed by atoms with Gasteiger partial charge in [-0.2, -0.15) is 5.26 Å². The highest BCUT2D eigenvalue weighted by atomic mass is 35.5. The minimum Gasteiger partial charge on any atom is -0.370 e. The van der Waals surface area contributed by atoms with E-state index < -0.39 is 5.82 Å². The predicted octanol–water partition coefficient (Wildman–Crippen LogP) is 8.17. The lowest BCUT2D eigenvalue weighted by Gasteiger charge is -2.39. The van der Waals surface area contributed by atoms with Crippen molar-refractivity contribution in [2.45, 2.75) is 83.2 Å². The second kappa shape index (κ2) is 12.6. The zero-order valence-corrected chi connectivity index (χ0v) is 29.9. The molecule has 5 aliphatic rings. The van der Waals surface area contributed by atoms with Gasteiger partial charge in [-0.15, -0.1) is 0 Å². The van der Waals surface area contributed by atoms with Crippen molar-refractivity contribution < 1.29 is 18.4 Å². The lowest BCUT2D eigenvalue weighted by atomic mass is 9.79. The van der Waals surface area contributed by atoms with Crippen molar-refractivity contribution in [1.29, 1.82) is 5.26 Å². The number of likely N-dealkylation sites (tertiary alicyclic amines) is 1. The summed E-state index contributed by atoms with van der Waals surface area (Å²) >= 11 is 13.1. The van der Waals surface area contributed by atoms with E-state index in [0.29, 0.717) is 64.7 Å². The van der Waals surface area contributed by atoms with Crippen LogP contribution in [0.25, 0.3) is 32.9 Å². The highest BCUT2D eigenvalue weighted by molar-refractivity contribution is 6.43. The highest BCUT2D eigenvalue weighted by Gasteiger charge is 2.51. The van der Waals surface area contributed by atoms with Gasteiger partial charge in [0.2, 0.25) is 5.91 Å². The minimum atomic E-state index is -0.485. The van der Waals surface area contributed by atoms with E-state index in [4.69, 9.17) is 37.4 Å². The largest absolute Gasteiger partial charge is 0.370 e. The second-order valence-electron chi connectivity index (χ2n) is 14.7. The molecule has 2 saturated carbocycles. The Kier molecular flexibility index (Phi) is 8.11. The third-order valence-corrected chi connectivity index (χ3v) is 12.4. The summed E-state index contributed by atoms with van der Waals surface area (Å²) in [4.78, 5) is 20.9. The Balaban J connectivity index is 1.24. The second-order valence-corrected chi connectivity index (χ2v) is 15.5. The van der Waals surface area contributed by atoms with E-state index >= 15 is 4.39 Å². The lowest BCUT2D eigenvalue weighted by Crippen LogP contribution is -2.41. The van der Waals surface area contributed by atoms with Crippen LogP contribution in [0.15, 0.2) is 41.1 Å². The van der Waals surface area contributed by atoms with Crippen molar-refractivity contribution in [1.82, 2.24) is 24.9 Å². The number of amides is 1. The summed E-state index contributed by atoms with van der Waals surface area (Å²) in [5.74, 6) is 0.141. The van der Waals surface area contributed by atoms with E-state index in [-0.39, 0.29) is 53.0 Å². The van der Waals surface area contributed by atoms with Crippen molar-refractivity contribution >= 4 is 50.9 Å². The van der Waals surface area contributed by atoms with Crippen LogP contribution in [0.4, 0.5) is 4.39 Å². The maximum atomic E-state index is 17.2. The van der Waals surface area contributed by atoms with E-state index in [0.717, 1.165) is 53.7 Å². The number of nitriles is 1. The van der Waals surface area contributed by atoms with Gasteiger partial charge in [0.05, 0.1) is 46.4 Å². The Morgan fingerprint density at radius 2 is 2.04 bits per heavy atom. The Hall–Kier alpha value is -4.01. The molecule has 5 atom stereocenters. The van der Waals surface area contributed by atoms with Gasteiger partial charge in [0.15, 0.2) is 5.82 Å². The summed E-state index contributed by atoms with van der Waals surface area (Å²) in [5, 5.41) is 19.6. The van der Waals surface area contributed by atoms with Gasteiger partial charge >= 0.3 is 0 Å². The van der Waals surface area contributed by atoms with Gasteiger partial charge in [0.25, 0.3) is 0 Å². The number of halogens is 3. The molecule has 1 N–H and O–H groups in total. The van der Waals surface area contributed by atoms with Crippen molar-refractivity contribution in [3.8, 4) is 17.2 Å². The normalized spacial score (nSPS) is 24.1. The van der Waals surface area contributed by atoms with Gasteiger partial charge < -0.3 is 24.0 Å². The third-order valence-electron chi connectivity index (χ3n) is 11.5. The molecule has 262 valence electrons. The number of aryl methyl sites for hydroxylation is 3. The molecule has 3 saturated heterocycles. The van der Waals surface area contributed by atoms with Gasteiger partial charge in [-0.1, -0.05) is 40.5 Å². The van der Waals surface area contributed by atoms with E-state index in [9.17, 15) is 10.1 Å². The van der Waals surface area contributed by atoms with Gasteiger partial charge in [0.1, 0.15) is 17.5 Å². The number of fused-ring (bicyclic) bond motifs is 4. The number of carbonyl (C=O) groups excluding carboxylic acids is 1. The van der Waals surface area contributed by atoms with Crippen molar-refractivity contribution in [3.05, 3.63) is 80.7 Å². The molecule has 0 spiro atoms. The highest BCUT2D eigenvalue weighted by Crippen LogP contribution is 2.51. The molecule has 51 heavy (non-hydrogen) atoms. The van der Waals surface area contributed by atoms with E-state index in [1.807, 2.05) is 24.8 Å². The summed E-state index contributed by atoms with van der Waals surface area (Å²) in [6.07, 6.45) is 5.47. The molecule has 5 aromatic rings. The monoisotopic (exact) mass is 726 g/mol. The van der Waals surface area contributed by atoms with Crippen LogP contribution in [0.5, 0.6) is 0 Å². The molecule has 0 radical (unpaired) electrons. The number of benzene rings is 2. The van der Waals surface area contributed by atoms with Gasteiger partial charge in [-0.25, -0.2) is 9.37 Å². The molecule has 5 fully saturated rings. The lowest BCUT2D eigenvalue weighted by molar-refractivity contribution is -0.134. The number of nitrogens with one attached hydrogen (secondary N) is 1. The zero-order valence-electron chi connectivity index (χ0n) is 28.4. The van der Waals surface area contributed by atoms with Crippen LogP contribution in [-0.2, 0) is 22.6 Å². The standard InChI is InChI=1S/C39H37Cl2FN6O3/c1-19-17-51-46-30(19)18-50-24-13-31(47(16-24)39(49)21-8-9-21)32-14-26-20(2)45-36-27(38(26)48(32)37-23-12-29(37)44-15-23)11-22(5-4-10-43)33(35(36)42)25-6-3-7-28(40)34(25)41/h3,6-7,11,14,17,21,23-24,29,31,37,44H,4-5,8-9,12-13,15-16,18H2,1-2H3. The molecule has 3 aliphatic heterocycles. The van der Waals surface area contributed by atoms with Gasteiger partial charge in [-0.3, -0.25) is 4.79 Å². The molecule has 1 amide bonds. The first-order chi connectivity index (χ1) is 24.7. The molecule has 2 aliphatic carbocycles. The maximum Gasteiger partial charge on any atom is 0.226 e.